The van der Waals surface area contributed by atoms with Crippen molar-refractivity contribution in [1.29, 1.82) is 0 Å². The lowest BCUT2D eigenvalue weighted by molar-refractivity contribution is -0.126. The van der Waals surface area contributed by atoms with E-state index in [2.05, 4.69) is 10.3 Å². The first-order valence-electron chi connectivity index (χ1n) is 8.87. The van der Waals surface area contributed by atoms with Crippen molar-refractivity contribution in [3.05, 3.63) is 18.7 Å². The number of imidazole rings is 1. The third kappa shape index (κ3) is 8.08. The predicted octanol–water partition coefficient (Wildman–Crippen LogP) is 0.792. The van der Waals surface area contributed by atoms with Crippen LogP contribution < -0.4 is 11.1 Å². The number of hydrogen-bond acceptors (Lipinski definition) is 6. The maximum Gasteiger partial charge on any atom is 0.223 e. The summed E-state index contributed by atoms with van der Waals surface area (Å²) >= 11 is 0. The fourth-order valence-electron chi connectivity index (χ4n) is 3.09. The van der Waals surface area contributed by atoms with E-state index in [1.54, 1.807) is 25.6 Å². The molecule has 0 aliphatic rings. The zero-order valence-electron chi connectivity index (χ0n) is 16.2. The van der Waals surface area contributed by atoms with Gasteiger partial charge in [0.05, 0.1) is 22.2 Å². The summed E-state index contributed by atoms with van der Waals surface area (Å²) in [6.07, 6.45) is 6.47. The SMILES string of the molecule is CCC(CC(CC(C)C(=O)NC(C)(C)CS(=O)(=O)[O-])n1ccnc1)C(N)=O. The second-order valence-electron chi connectivity index (χ2n) is 7.62. The molecular weight excluding hydrogens is 372 g/mol. The molecule has 0 saturated carbocycles. The smallest absolute Gasteiger partial charge is 0.223 e. The summed E-state index contributed by atoms with van der Waals surface area (Å²) in [6, 6.07) is -0.169. The Hall–Kier alpha value is -1.94. The molecule has 0 aromatic carbocycles. The van der Waals surface area contributed by atoms with Crippen molar-refractivity contribution < 1.29 is 22.6 Å². The molecule has 1 heterocycles. The molecule has 0 aliphatic heterocycles. The van der Waals surface area contributed by atoms with Crippen LogP contribution in [0.3, 0.4) is 0 Å². The minimum atomic E-state index is -4.47. The van der Waals surface area contributed by atoms with Crippen molar-refractivity contribution in [1.82, 2.24) is 14.9 Å². The van der Waals surface area contributed by atoms with Gasteiger partial charge in [-0.1, -0.05) is 13.8 Å². The van der Waals surface area contributed by atoms with E-state index in [0.29, 0.717) is 19.3 Å². The van der Waals surface area contributed by atoms with Gasteiger partial charge in [0.1, 0.15) is 0 Å². The van der Waals surface area contributed by atoms with Gasteiger partial charge in [0.25, 0.3) is 0 Å². The number of rotatable bonds is 11. The lowest BCUT2D eigenvalue weighted by atomic mass is 9.90. The number of nitrogens with one attached hydrogen (secondary N) is 1. The quantitative estimate of drug-likeness (QED) is 0.524. The zero-order valence-corrected chi connectivity index (χ0v) is 17.0. The minimum Gasteiger partial charge on any atom is -0.748 e. The van der Waals surface area contributed by atoms with Crippen LogP contribution in [0.5, 0.6) is 0 Å². The van der Waals surface area contributed by atoms with Crippen LogP contribution in [0.4, 0.5) is 0 Å². The highest BCUT2D eigenvalue weighted by Gasteiger charge is 2.29. The van der Waals surface area contributed by atoms with Crippen LogP contribution in [0.25, 0.3) is 0 Å². The van der Waals surface area contributed by atoms with Crippen LogP contribution in [0.2, 0.25) is 0 Å². The van der Waals surface area contributed by atoms with E-state index in [9.17, 15) is 22.6 Å². The number of primary amides is 1. The molecular formula is C17H29N4O5S-. The van der Waals surface area contributed by atoms with Crippen molar-refractivity contribution in [3.8, 4) is 0 Å². The Bertz CT molecular complexity index is 731. The van der Waals surface area contributed by atoms with Crippen LogP contribution in [-0.2, 0) is 19.7 Å². The standard InChI is InChI=1S/C17H30N4O5S/c1-5-13(15(18)22)9-14(21-7-6-19-11-21)8-12(2)16(23)20-17(3,4)10-27(24,25)26/h6-7,11-14H,5,8-10H2,1-4H3,(H2,18,22)(H,20,23)(H,24,25,26)/p-1. The molecule has 3 N–H and O–H groups in total. The molecule has 0 spiro atoms. The summed E-state index contributed by atoms with van der Waals surface area (Å²) in [5, 5.41) is 2.62. The van der Waals surface area contributed by atoms with Gasteiger partial charge in [-0.2, -0.15) is 0 Å². The summed E-state index contributed by atoms with van der Waals surface area (Å²) in [6.45, 7) is 6.57. The van der Waals surface area contributed by atoms with Crippen molar-refractivity contribution in [3.63, 3.8) is 0 Å². The third-order valence-corrected chi connectivity index (χ3v) is 5.55. The molecule has 1 aromatic rings. The molecule has 0 bridgehead atoms. The van der Waals surface area contributed by atoms with Gasteiger partial charge in [-0.25, -0.2) is 13.4 Å². The van der Waals surface area contributed by atoms with Crippen LogP contribution in [0.1, 0.15) is 53.0 Å². The Morgan fingerprint density at radius 3 is 2.41 bits per heavy atom. The molecule has 0 saturated heterocycles. The molecule has 9 nitrogen and oxygen atoms in total. The van der Waals surface area contributed by atoms with E-state index in [-0.39, 0.29) is 23.8 Å². The first-order chi connectivity index (χ1) is 12.3. The van der Waals surface area contributed by atoms with Gasteiger partial charge >= 0.3 is 0 Å². The van der Waals surface area contributed by atoms with Crippen molar-refractivity contribution in [2.24, 2.45) is 17.6 Å². The summed E-state index contributed by atoms with van der Waals surface area (Å²) in [5.41, 5.74) is 4.28. The Morgan fingerprint density at radius 1 is 1.33 bits per heavy atom. The molecule has 3 atom stereocenters. The average Bonchev–Trinajstić information content (AvgIpc) is 3.01. The van der Waals surface area contributed by atoms with Gasteiger partial charge in [0.15, 0.2) is 0 Å². The molecule has 3 unspecified atom stereocenters. The van der Waals surface area contributed by atoms with E-state index in [1.807, 2.05) is 11.5 Å². The average molecular weight is 402 g/mol. The zero-order chi connectivity index (χ0) is 20.8. The second-order valence-corrected chi connectivity index (χ2v) is 9.02. The Labute approximate surface area is 160 Å². The van der Waals surface area contributed by atoms with E-state index in [4.69, 9.17) is 5.73 Å². The van der Waals surface area contributed by atoms with Crippen molar-refractivity contribution in [2.75, 3.05) is 5.75 Å². The number of nitrogens with zero attached hydrogens (tertiary/aromatic N) is 2. The molecule has 0 fully saturated rings. The molecule has 10 heteroatoms. The second kappa shape index (κ2) is 9.32. The predicted molar refractivity (Wildman–Crippen MR) is 99.4 cm³/mol. The Balaban J connectivity index is 2.85. The number of nitrogens with two attached hydrogens (primary N) is 1. The maximum absolute atomic E-state index is 12.5. The van der Waals surface area contributed by atoms with Gasteiger partial charge in [0, 0.05) is 35.8 Å². The van der Waals surface area contributed by atoms with E-state index in [1.165, 1.54) is 13.8 Å². The fraction of sp³-hybridized carbons (Fsp3) is 0.706. The molecule has 1 aromatic heterocycles. The highest BCUT2D eigenvalue weighted by atomic mass is 32.2. The first-order valence-corrected chi connectivity index (χ1v) is 10.4. The summed E-state index contributed by atoms with van der Waals surface area (Å²) in [4.78, 5) is 28.1. The highest BCUT2D eigenvalue weighted by Crippen LogP contribution is 2.27. The van der Waals surface area contributed by atoms with E-state index < -0.39 is 27.3 Å². The highest BCUT2D eigenvalue weighted by molar-refractivity contribution is 7.85. The van der Waals surface area contributed by atoms with E-state index in [0.717, 1.165) is 0 Å². The van der Waals surface area contributed by atoms with Gasteiger partial charge in [-0.05, 0) is 33.1 Å². The molecule has 27 heavy (non-hydrogen) atoms. The van der Waals surface area contributed by atoms with Crippen LogP contribution in [0, 0.1) is 11.8 Å². The van der Waals surface area contributed by atoms with Crippen LogP contribution >= 0.6 is 0 Å². The van der Waals surface area contributed by atoms with Crippen LogP contribution in [0.15, 0.2) is 18.7 Å². The third-order valence-electron chi connectivity index (χ3n) is 4.47. The maximum atomic E-state index is 12.5. The van der Waals surface area contributed by atoms with Gasteiger partial charge in [-0.15, -0.1) is 0 Å². The molecule has 154 valence electrons. The normalized spacial score (nSPS) is 15.7. The number of carbonyl (C=O) groups excluding carboxylic acids is 2. The lowest BCUT2D eigenvalue weighted by Crippen LogP contribution is -2.50. The van der Waals surface area contributed by atoms with E-state index >= 15 is 0 Å². The molecule has 1 rings (SSSR count). The summed E-state index contributed by atoms with van der Waals surface area (Å²) in [7, 11) is -4.47. The van der Waals surface area contributed by atoms with Gasteiger partial charge < -0.3 is 20.2 Å². The Kier molecular flexibility index (Phi) is 7.97. The summed E-state index contributed by atoms with van der Waals surface area (Å²) in [5.74, 6) is -2.24. The topological polar surface area (TPSA) is 147 Å². The largest absolute Gasteiger partial charge is 0.748 e. The van der Waals surface area contributed by atoms with Crippen molar-refractivity contribution in [2.45, 2.75) is 58.5 Å². The number of hydrogen-bond donors (Lipinski definition) is 2. The number of amides is 2. The van der Waals surface area contributed by atoms with Crippen LogP contribution in [-0.4, -0.2) is 45.6 Å². The number of aromatic nitrogens is 2. The van der Waals surface area contributed by atoms with Gasteiger partial charge in [-0.3, -0.25) is 9.59 Å². The minimum absolute atomic E-state index is 0.169. The Morgan fingerprint density at radius 2 is 1.96 bits per heavy atom. The molecule has 0 radical (unpaired) electrons. The lowest BCUT2D eigenvalue weighted by Gasteiger charge is -2.30. The number of carbonyl (C=O) groups is 2. The molecule has 2 amide bonds. The fourth-order valence-corrected chi connectivity index (χ4v) is 4.04. The molecule has 0 aliphatic carbocycles. The van der Waals surface area contributed by atoms with Crippen molar-refractivity contribution >= 4 is 21.9 Å². The summed E-state index contributed by atoms with van der Waals surface area (Å²) < 4.78 is 34.8. The van der Waals surface area contributed by atoms with Gasteiger partial charge in [0.2, 0.25) is 11.8 Å². The monoisotopic (exact) mass is 401 g/mol. The first kappa shape index (κ1) is 23.1.